The summed E-state index contributed by atoms with van der Waals surface area (Å²) in [5.41, 5.74) is 7.90. The van der Waals surface area contributed by atoms with E-state index < -0.39 is 10.8 Å². The molecule has 1 unspecified atom stereocenters. The first-order valence-corrected chi connectivity index (χ1v) is 7.88. The SMILES string of the molecule is CC(C)n1ncnc1CS(=O)c1nc2ccc(N)cc2[nH]1. The van der Waals surface area contributed by atoms with Gasteiger partial charge in [0.25, 0.3) is 0 Å². The van der Waals surface area contributed by atoms with Crippen molar-refractivity contribution < 1.29 is 4.21 Å². The van der Waals surface area contributed by atoms with E-state index in [1.165, 1.54) is 6.33 Å². The van der Waals surface area contributed by atoms with E-state index in [0.717, 1.165) is 11.0 Å². The number of aromatic amines is 1. The van der Waals surface area contributed by atoms with Crippen LogP contribution in [0.15, 0.2) is 29.7 Å². The topological polar surface area (TPSA) is 102 Å². The molecule has 0 spiro atoms. The van der Waals surface area contributed by atoms with Gasteiger partial charge in [0.15, 0.2) is 5.16 Å². The Morgan fingerprint density at radius 2 is 2.24 bits per heavy atom. The lowest BCUT2D eigenvalue weighted by atomic mass is 10.3. The minimum atomic E-state index is -1.31. The molecule has 1 atom stereocenters. The highest BCUT2D eigenvalue weighted by atomic mass is 32.2. The van der Waals surface area contributed by atoms with Gasteiger partial charge in [-0.1, -0.05) is 0 Å². The monoisotopic (exact) mass is 304 g/mol. The van der Waals surface area contributed by atoms with Crippen molar-refractivity contribution in [3.8, 4) is 0 Å². The van der Waals surface area contributed by atoms with Gasteiger partial charge in [-0.3, -0.25) is 4.21 Å². The van der Waals surface area contributed by atoms with Crippen LogP contribution >= 0.6 is 0 Å². The molecule has 0 saturated carbocycles. The lowest BCUT2D eigenvalue weighted by molar-refractivity contribution is 0.513. The molecule has 0 saturated heterocycles. The second-order valence-corrected chi connectivity index (χ2v) is 6.39. The molecule has 0 aliphatic heterocycles. The Morgan fingerprint density at radius 3 is 3.00 bits per heavy atom. The molecule has 0 aliphatic rings. The van der Waals surface area contributed by atoms with Crippen LogP contribution < -0.4 is 5.73 Å². The first-order chi connectivity index (χ1) is 10.0. The van der Waals surface area contributed by atoms with Gasteiger partial charge in [-0.15, -0.1) is 0 Å². The first-order valence-electron chi connectivity index (χ1n) is 6.56. The van der Waals surface area contributed by atoms with Crippen molar-refractivity contribution in [1.82, 2.24) is 24.7 Å². The second kappa shape index (κ2) is 5.28. The van der Waals surface area contributed by atoms with Gasteiger partial charge in [-0.2, -0.15) is 5.10 Å². The standard InChI is InChI=1S/C13H16N6OS/c1-8(2)19-12(15-7-16-19)6-21(20)13-17-10-4-3-9(14)5-11(10)18-13/h3-5,7-8H,6,14H2,1-2H3,(H,17,18). The smallest absolute Gasteiger partial charge is 0.197 e. The number of nitrogens with two attached hydrogens (primary N) is 1. The largest absolute Gasteiger partial charge is 0.399 e. The molecule has 21 heavy (non-hydrogen) atoms. The highest BCUT2D eigenvalue weighted by Crippen LogP contribution is 2.18. The summed E-state index contributed by atoms with van der Waals surface area (Å²) in [4.78, 5) is 11.6. The van der Waals surface area contributed by atoms with Crippen LogP contribution in [0, 0.1) is 0 Å². The molecule has 3 aromatic rings. The normalized spacial score (nSPS) is 13.1. The van der Waals surface area contributed by atoms with Gasteiger partial charge in [0, 0.05) is 11.7 Å². The van der Waals surface area contributed by atoms with Crippen LogP contribution in [0.5, 0.6) is 0 Å². The molecule has 3 rings (SSSR count). The molecule has 1 aromatic carbocycles. The zero-order valence-electron chi connectivity index (χ0n) is 11.8. The van der Waals surface area contributed by atoms with Gasteiger partial charge in [0.05, 0.1) is 27.6 Å². The number of nitrogens with zero attached hydrogens (tertiary/aromatic N) is 4. The highest BCUT2D eigenvalue weighted by molar-refractivity contribution is 7.84. The number of nitrogen functional groups attached to an aromatic ring is 1. The van der Waals surface area contributed by atoms with Crippen molar-refractivity contribution in [3.05, 3.63) is 30.4 Å². The van der Waals surface area contributed by atoms with Gasteiger partial charge in [0.2, 0.25) is 0 Å². The predicted molar refractivity (Wildman–Crippen MR) is 81.0 cm³/mol. The minimum Gasteiger partial charge on any atom is -0.399 e. The van der Waals surface area contributed by atoms with Gasteiger partial charge < -0.3 is 10.7 Å². The van der Waals surface area contributed by atoms with E-state index in [-0.39, 0.29) is 11.8 Å². The van der Waals surface area contributed by atoms with Crippen molar-refractivity contribution in [1.29, 1.82) is 0 Å². The summed E-state index contributed by atoms with van der Waals surface area (Å²) in [7, 11) is -1.31. The zero-order chi connectivity index (χ0) is 15.0. The maximum atomic E-state index is 12.4. The number of aromatic nitrogens is 5. The molecular formula is C13H16N6OS. The lowest BCUT2D eigenvalue weighted by Gasteiger charge is -2.08. The summed E-state index contributed by atoms with van der Waals surface area (Å²) in [5.74, 6) is 0.955. The predicted octanol–water partition coefficient (Wildman–Crippen LogP) is 1.63. The fraction of sp³-hybridized carbons (Fsp3) is 0.308. The van der Waals surface area contributed by atoms with Crippen LogP contribution in [0.3, 0.4) is 0 Å². The fourth-order valence-corrected chi connectivity index (χ4v) is 3.11. The Kier molecular flexibility index (Phi) is 3.46. The van der Waals surface area contributed by atoms with Crippen molar-refractivity contribution in [2.75, 3.05) is 5.73 Å². The third-order valence-electron chi connectivity index (χ3n) is 3.10. The number of hydrogen-bond donors (Lipinski definition) is 2. The molecule has 0 amide bonds. The molecule has 0 fully saturated rings. The molecule has 3 N–H and O–H groups in total. The molecule has 8 heteroatoms. The summed E-state index contributed by atoms with van der Waals surface area (Å²) in [6, 6.07) is 5.53. The Balaban J connectivity index is 1.88. The number of nitrogens with one attached hydrogen (secondary N) is 1. The number of hydrogen-bond acceptors (Lipinski definition) is 5. The molecule has 0 radical (unpaired) electrons. The lowest BCUT2D eigenvalue weighted by Crippen LogP contribution is -2.11. The average molecular weight is 304 g/mol. The molecule has 2 aromatic heterocycles. The van der Waals surface area contributed by atoms with Gasteiger partial charge in [0.1, 0.15) is 12.2 Å². The van der Waals surface area contributed by atoms with E-state index in [0.29, 0.717) is 16.7 Å². The number of anilines is 1. The first kappa shape index (κ1) is 13.7. The van der Waals surface area contributed by atoms with Gasteiger partial charge in [-0.05, 0) is 32.0 Å². The van der Waals surface area contributed by atoms with E-state index in [4.69, 9.17) is 5.73 Å². The second-order valence-electron chi connectivity index (χ2n) is 5.02. The molecule has 0 aliphatic carbocycles. The Bertz CT molecular complexity index is 806. The van der Waals surface area contributed by atoms with E-state index >= 15 is 0 Å². The maximum Gasteiger partial charge on any atom is 0.197 e. The fourth-order valence-electron chi connectivity index (χ4n) is 2.11. The summed E-state index contributed by atoms with van der Waals surface area (Å²) in [5, 5.41) is 4.57. The minimum absolute atomic E-state index is 0.176. The molecule has 0 bridgehead atoms. The van der Waals surface area contributed by atoms with Crippen LogP contribution in [-0.2, 0) is 16.6 Å². The summed E-state index contributed by atoms with van der Waals surface area (Å²) >= 11 is 0. The molecule has 110 valence electrons. The Morgan fingerprint density at radius 1 is 1.43 bits per heavy atom. The Hall–Kier alpha value is -2.22. The zero-order valence-corrected chi connectivity index (χ0v) is 12.6. The van der Waals surface area contributed by atoms with Crippen LogP contribution in [0.25, 0.3) is 11.0 Å². The van der Waals surface area contributed by atoms with Crippen LogP contribution in [0.4, 0.5) is 5.69 Å². The Labute approximate surface area is 124 Å². The van der Waals surface area contributed by atoms with E-state index in [9.17, 15) is 4.21 Å². The summed E-state index contributed by atoms with van der Waals surface area (Å²) in [6.07, 6.45) is 1.48. The van der Waals surface area contributed by atoms with Crippen LogP contribution in [0.2, 0.25) is 0 Å². The summed E-state index contributed by atoms with van der Waals surface area (Å²) in [6.45, 7) is 4.01. The average Bonchev–Trinajstić information content (AvgIpc) is 3.04. The molecule has 7 nitrogen and oxygen atoms in total. The number of H-pyrrole nitrogens is 1. The number of fused-ring (bicyclic) bond motifs is 1. The maximum absolute atomic E-state index is 12.4. The third-order valence-corrected chi connectivity index (χ3v) is 4.24. The van der Waals surface area contributed by atoms with Crippen LogP contribution in [-0.4, -0.2) is 28.9 Å². The van der Waals surface area contributed by atoms with Crippen molar-refractivity contribution in [2.45, 2.75) is 30.8 Å². The summed E-state index contributed by atoms with van der Waals surface area (Å²) < 4.78 is 14.2. The van der Waals surface area contributed by atoms with E-state index in [2.05, 4.69) is 20.1 Å². The van der Waals surface area contributed by atoms with E-state index in [1.54, 1.807) is 22.9 Å². The quantitative estimate of drug-likeness (QED) is 0.713. The van der Waals surface area contributed by atoms with Gasteiger partial charge >= 0.3 is 0 Å². The third kappa shape index (κ3) is 2.66. The number of rotatable bonds is 4. The van der Waals surface area contributed by atoms with Crippen LogP contribution in [0.1, 0.15) is 25.7 Å². The highest BCUT2D eigenvalue weighted by Gasteiger charge is 2.15. The molecular weight excluding hydrogens is 288 g/mol. The van der Waals surface area contributed by atoms with Gasteiger partial charge in [-0.25, -0.2) is 14.6 Å². The molecule has 2 heterocycles. The van der Waals surface area contributed by atoms with E-state index in [1.807, 2.05) is 13.8 Å². The van der Waals surface area contributed by atoms with Crippen molar-refractivity contribution >= 4 is 27.5 Å². The van der Waals surface area contributed by atoms with Crippen molar-refractivity contribution in [3.63, 3.8) is 0 Å². The van der Waals surface area contributed by atoms with Crippen molar-refractivity contribution in [2.24, 2.45) is 0 Å². The number of imidazole rings is 1. The number of benzene rings is 1.